The molecule has 1 aromatic carbocycles. The van der Waals surface area contributed by atoms with Crippen LogP contribution in [-0.2, 0) is 0 Å². The fourth-order valence-electron chi connectivity index (χ4n) is 3.46. The Morgan fingerprint density at radius 1 is 1.37 bits per heavy atom. The highest BCUT2D eigenvalue weighted by atomic mass is 15.2. The van der Waals surface area contributed by atoms with E-state index < -0.39 is 0 Å². The third kappa shape index (κ3) is 3.37. The highest BCUT2D eigenvalue weighted by molar-refractivity contribution is 5.33. The number of hydrogen-bond acceptors (Lipinski definition) is 2. The van der Waals surface area contributed by atoms with Crippen LogP contribution in [0.5, 0.6) is 0 Å². The lowest BCUT2D eigenvalue weighted by atomic mass is 9.98. The van der Waals surface area contributed by atoms with E-state index >= 15 is 0 Å². The Morgan fingerprint density at radius 2 is 2.16 bits per heavy atom. The van der Waals surface area contributed by atoms with Gasteiger partial charge in [-0.25, -0.2) is 0 Å². The number of nitrogens with two attached hydrogens (primary N) is 1. The van der Waals surface area contributed by atoms with E-state index in [1.807, 2.05) is 0 Å². The topological polar surface area (TPSA) is 29.3 Å². The lowest BCUT2D eigenvalue weighted by Gasteiger charge is -2.28. The second-order valence-corrected chi connectivity index (χ2v) is 6.05. The van der Waals surface area contributed by atoms with Gasteiger partial charge in [-0.2, -0.15) is 0 Å². The van der Waals surface area contributed by atoms with Crippen molar-refractivity contribution in [2.24, 2.45) is 11.7 Å². The SMILES string of the molecule is CCCC1CCN(C(CN)c2ccc(C)cc2C)C1. The molecule has 0 amide bonds. The molecule has 1 aliphatic rings. The van der Waals surface area contributed by atoms with Crippen molar-refractivity contribution in [1.82, 2.24) is 4.90 Å². The third-order valence-electron chi connectivity index (χ3n) is 4.46. The summed E-state index contributed by atoms with van der Waals surface area (Å²) in [6.07, 6.45) is 4.01. The van der Waals surface area contributed by atoms with E-state index in [2.05, 4.69) is 43.9 Å². The number of nitrogens with zero attached hydrogens (tertiary/aromatic N) is 1. The first-order chi connectivity index (χ1) is 9.15. The summed E-state index contributed by atoms with van der Waals surface area (Å²) in [5.41, 5.74) is 10.2. The Morgan fingerprint density at radius 3 is 2.79 bits per heavy atom. The van der Waals surface area contributed by atoms with E-state index in [9.17, 15) is 0 Å². The van der Waals surface area contributed by atoms with Crippen LogP contribution in [0.2, 0.25) is 0 Å². The molecule has 0 radical (unpaired) electrons. The molecule has 0 aliphatic carbocycles. The molecule has 1 aliphatic heterocycles. The molecule has 2 rings (SSSR count). The van der Waals surface area contributed by atoms with E-state index in [0.717, 1.165) is 12.5 Å². The second-order valence-electron chi connectivity index (χ2n) is 6.05. The van der Waals surface area contributed by atoms with Crippen LogP contribution >= 0.6 is 0 Å². The van der Waals surface area contributed by atoms with Gasteiger partial charge < -0.3 is 5.73 Å². The van der Waals surface area contributed by atoms with Crippen LogP contribution in [0, 0.1) is 19.8 Å². The summed E-state index contributed by atoms with van der Waals surface area (Å²) in [7, 11) is 0. The second kappa shape index (κ2) is 6.53. The van der Waals surface area contributed by atoms with Gasteiger partial charge in [0.05, 0.1) is 0 Å². The number of aryl methyl sites for hydroxylation is 2. The largest absolute Gasteiger partial charge is 0.329 e. The standard InChI is InChI=1S/C17H28N2/c1-4-5-15-8-9-19(12-15)17(11-18)16-7-6-13(2)10-14(16)3/h6-7,10,15,17H,4-5,8-9,11-12,18H2,1-3H3. The molecule has 2 atom stereocenters. The van der Waals surface area contributed by atoms with Crippen LogP contribution in [0.15, 0.2) is 18.2 Å². The molecular weight excluding hydrogens is 232 g/mol. The van der Waals surface area contributed by atoms with Gasteiger partial charge in [-0.3, -0.25) is 4.90 Å². The minimum absolute atomic E-state index is 0.405. The summed E-state index contributed by atoms with van der Waals surface area (Å²) in [5.74, 6) is 0.879. The highest BCUT2D eigenvalue weighted by Crippen LogP contribution is 2.30. The average molecular weight is 260 g/mol. The number of benzene rings is 1. The third-order valence-corrected chi connectivity index (χ3v) is 4.46. The fourth-order valence-corrected chi connectivity index (χ4v) is 3.46. The van der Waals surface area contributed by atoms with Crippen molar-refractivity contribution in [2.45, 2.75) is 46.1 Å². The monoisotopic (exact) mass is 260 g/mol. The minimum Gasteiger partial charge on any atom is -0.329 e. The maximum atomic E-state index is 6.07. The molecule has 1 saturated heterocycles. The molecule has 0 spiro atoms. The summed E-state index contributed by atoms with van der Waals surface area (Å²) in [6, 6.07) is 7.17. The zero-order valence-electron chi connectivity index (χ0n) is 12.7. The van der Waals surface area contributed by atoms with Crippen LogP contribution in [0.1, 0.15) is 48.9 Å². The normalized spacial score (nSPS) is 21.8. The maximum Gasteiger partial charge on any atom is 0.0473 e. The highest BCUT2D eigenvalue weighted by Gasteiger charge is 2.28. The molecule has 2 N–H and O–H groups in total. The zero-order chi connectivity index (χ0) is 13.8. The van der Waals surface area contributed by atoms with E-state index in [-0.39, 0.29) is 0 Å². The van der Waals surface area contributed by atoms with E-state index in [1.165, 1.54) is 49.0 Å². The van der Waals surface area contributed by atoms with E-state index in [1.54, 1.807) is 0 Å². The lowest BCUT2D eigenvalue weighted by Crippen LogP contribution is -2.32. The Bertz CT molecular complexity index is 414. The number of hydrogen-bond donors (Lipinski definition) is 1. The molecule has 0 saturated carbocycles. The van der Waals surface area contributed by atoms with Crippen molar-refractivity contribution in [3.05, 3.63) is 34.9 Å². The van der Waals surface area contributed by atoms with E-state index in [0.29, 0.717) is 6.04 Å². The molecule has 19 heavy (non-hydrogen) atoms. The summed E-state index contributed by atoms with van der Waals surface area (Å²) >= 11 is 0. The van der Waals surface area contributed by atoms with Crippen LogP contribution in [-0.4, -0.2) is 24.5 Å². The van der Waals surface area contributed by atoms with Gasteiger partial charge in [-0.15, -0.1) is 0 Å². The van der Waals surface area contributed by atoms with Crippen molar-refractivity contribution >= 4 is 0 Å². The first kappa shape index (κ1) is 14.5. The van der Waals surface area contributed by atoms with Gasteiger partial charge in [-0.05, 0) is 50.3 Å². The van der Waals surface area contributed by atoms with Gasteiger partial charge in [0.1, 0.15) is 0 Å². The molecule has 2 unspecified atom stereocenters. The fraction of sp³-hybridized carbons (Fsp3) is 0.647. The Balaban J connectivity index is 2.12. The molecule has 1 heterocycles. The number of rotatable bonds is 5. The first-order valence-corrected chi connectivity index (χ1v) is 7.67. The van der Waals surface area contributed by atoms with Gasteiger partial charge in [0.2, 0.25) is 0 Å². The predicted octanol–water partition coefficient (Wildman–Crippen LogP) is 3.43. The molecule has 2 nitrogen and oxygen atoms in total. The zero-order valence-corrected chi connectivity index (χ0v) is 12.7. The Hall–Kier alpha value is -0.860. The van der Waals surface area contributed by atoms with Crippen LogP contribution in [0.4, 0.5) is 0 Å². The van der Waals surface area contributed by atoms with Gasteiger partial charge in [0.25, 0.3) is 0 Å². The Kier molecular flexibility index (Phi) is 5.00. The maximum absolute atomic E-state index is 6.07. The summed E-state index contributed by atoms with van der Waals surface area (Å²) in [4.78, 5) is 2.60. The lowest BCUT2D eigenvalue weighted by molar-refractivity contribution is 0.239. The molecule has 1 aromatic rings. The van der Waals surface area contributed by atoms with Crippen molar-refractivity contribution in [2.75, 3.05) is 19.6 Å². The van der Waals surface area contributed by atoms with Crippen molar-refractivity contribution < 1.29 is 0 Å². The van der Waals surface area contributed by atoms with Crippen molar-refractivity contribution in [3.63, 3.8) is 0 Å². The molecule has 0 aromatic heterocycles. The minimum atomic E-state index is 0.405. The molecular formula is C17H28N2. The van der Waals surface area contributed by atoms with Crippen LogP contribution < -0.4 is 5.73 Å². The predicted molar refractivity (Wildman–Crippen MR) is 82.3 cm³/mol. The Labute approximate surface area is 118 Å². The van der Waals surface area contributed by atoms with Gasteiger partial charge >= 0.3 is 0 Å². The van der Waals surface area contributed by atoms with Crippen molar-refractivity contribution in [3.8, 4) is 0 Å². The van der Waals surface area contributed by atoms with Crippen molar-refractivity contribution in [1.29, 1.82) is 0 Å². The van der Waals surface area contributed by atoms with Gasteiger partial charge in [0.15, 0.2) is 0 Å². The molecule has 1 fully saturated rings. The first-order valence-electron chi connectivity index (χ1n) is 7.67. The molecule has 0 bridgehead atoms. The quantitative estimate of drug-likeness (QED) is 0.879. The van der Waals surface area contributed by atoms with E-state index in [4.69, 9.17) is 5.73 Å². The average Bonchev–Trinajstić information content (AvgIpc) is 2.82. The molecule has 106 valence electrons. The van der Waals surface area contributed by atoms with Gasteiger partial charge in [-0.1, -0.05) is 37.1 Å². The summed E-state index contributed by atoms with van der Waals surface area (Å²) < 4.78 is 0. The smallest absolute Gasteiger partial charge is 0.0473 e. The number of likely N-dealkylation sites (tertiary alicyclic amines) is 1. The summed E-state index contributed by atoms with van der Waals surface area (Å²) in [5, 5.41) is 0. The van der Waals surface area contributed by atoms with Gasteiger partial charge in [0, 0.05) is 19.1 Å². The molecule has 2 heteroatoms. The summed E-state index contributed by atoms with van der Waals surface area (Å²) in [6.45, 7) is 9.81. The van der Waals surface area contributed by atoms with Crippen LogP contribution in [0.3, 0.4) is 0 Å². The van der Waals surface area contributed by atoms with Crippen LogP contribution in [0.25, 0.3) is 0 Å².